The first-order valence-corrected chi connectivity index (χ1v) is 4.94. The van der Waals surface area contributed by atoms with Gasteiger partial charge in [-0.3, -0.25) is 0 Å². The van der Waals surface area contributed by atoms with Crippen LogP contribution in [0.2, 0.25) is 0 Å². The van der Waals surface area contributed by atoms with Crippen molar-refractivity contribution in [3.63, 3.8) is 0 Å². The Bertz CT molecular complexity index is 266. The number of nitrogens with one attached hydrogen (secondary N) is 1. The van der Waals surface area contributed by atoms with Crippen molar-refractivity contribution in [1.82, 2.24) is 0 Å². The number of benzene rings is 1. The normalized spacial score (nSPS) is 9.50. The van der Waals surface area contributed by atoms with Crippen LogP contribution in [0.25, 0.3) is 0 Å². The maximum Gasteiger partial charge on any atom is 0.119 e. The molecule has 0 aliphatic carbocycles. The predicted octanol–water partition coefficient (Wildman–Crippen LogP) is 3.07. The summed E-state index contributed by atoms with van der Waals surface area (Å²) in [5.74, 6) is 0.918. The molecule has 0 amide bonds. The number of ether oxygens (including phenoxy) is 1. The molecule has 14 heavy (non-hydrogen) atoms. The minimum absolute atomic E-state index is 0.712. The lowest BCUT2D eigenvalue weighted by atomic mass is 10.3. The van der Waals surface area contributed by atoms with E-state index in [-0.39, 0.29) is 0 Å². The highest BCUT2D eigenvalue weighted by molar-refractivity contribution is 5.46. The van der Waals surface area contributed by atoms with Crippen LogP contribution in [0.1, 0.15) is 13.3 Å². The van der Waals surface area contributed by atoms with Crippen molar-refractivity contribution >= 4 is 5.69 Å². The van der Waals surface area contributed by atoms with Crippen LogP contribution >= 0.6 is 0 Å². The third-order valence-electron chi connectivity index (χ3n) is 1.84. The molecule has 0 aromatic heterocycles. The van der Waals surface area contributed by atoms with Crippen LogP contribution in [0.3, 0.4) is 0 Å². The van der Waals surface area contributed by atoms with Gasteiger partial charge in [0.1, 0.15) is 5.75 Å². The highest BCUT2D eigenvalue weighted by Crippen LogP contribution is 2.15. The molecule has 0 spiro atoms. The molecule has 1 aromatic carbocycles. The largest absolute Gasteiger partial charge is 0.494 e. The molecule has 1 N–H and O–H groups in total. The summed E-state index contributed by atoms with van der Waals surface area (Å²) < 4.78 is 5.34. The van der Waals surface area contributed by atoms with Crippen LogP contribution in [0, 0.1) is 0 Å². The molecule has 0 bridgehead atoms. The highest BCUT2D eigenvalue weighted by atomic mass is 16.5. The molecule has 0 saturated heterocycles. The van der Waals surface area contributed by atoms with Crippen LogP contribution in [-0.2, 0) is 0 Å². The second-order valence-corrected chi connectivity index (χ2v) is 2.96. The molecule has 1 aromatic rings. The first-order chi connectivity index (χ1) is 6.86. The number of anilines is 1. The molecule has 0 unspecified atom stereocenters. The van der Waals surface area contributed by atoms with Crippen LogP contribution in [-0.4, -0.2) is 13.2 Å². The zero-order valence-electron chi connectivity index (χ0n) is 8.62. The minimum atomic E-state index is 0.712. The quantitative estimate of drug-likeness (QED) is 0.551. The summed E-state index contributed by atoms with van der Waals surface area (Å²) in [5, 5.41) is 3.29. The maximum absolute atomic E-state index is 5.34. The first-order valence-electron chi connectivity index (χ1n) is 4.94. The summed E-state index contributed by atoms with van der Waals surface area (Å²) in [6, 6.07) is 7.99. The Labute approximate surface area is 85.6 Å². The Balaban J connectivity index is 2.42. The van der Waals surface area contributed by atoms with E-state index in [1.54, 1.807) is 0 Å². The van der Waals surface area contributed by atoms with Gasteiger partial charge in [-0.25, -0.2) is 0 Å². The van der Waals surface area contributed by atoms with Crippen LogP contribution < -0.4 is 10.1 Å². The van der Waals surface area contributed by atoms with E-state index in [4.69, 9.17) is 4.74 Å². The summed E-state index contributed by atoms with van der Waals surface area (Å²) in [7, 11) is 0. The van der Waals surface area contributed by atoms with Crippen LogP contribution in [0.15, 0.2) is 36.9 Å². The standard InChI is InChI=1S/C12H17NO/c1-3-5-10-13-11-6-8-12(9-7-11)14-4-2/h3,6-9,13H,1,4-5,10H2,2H3. The van der Waals surface area contributed by atoms with Crippen molar-refractivity contribution in [3.05, 3.63) is 36.9 Å². The number of hydrogen-bond donors (Lipinski definition) is 1. The van der Waals surface area contributed by atoms with Gasteiger partial charge in [-0.15, -0.1) is 6.58 Å². The van der Waals surface area contributed by atoms with Crippen LogP contribution in [0.4, 0.5) is 5.69 Å². The van der Waals surface area contributed by atoms with Gasteiger partial charge in [0.15, 0.2) is 0 Å². The van der Waals surface area contributed by atoms with Crippen LogP contribution in [0.5, 0.6) is 5.75 Å². The molecule has 2 heteroatoms. The zero-order valence-corrected chi connectivity index (χ0v) is 8.62. The lowest BCUT2D eigenvalue weighted by Crippen LogP contribution is -1.99. The maximum atomic E-state index is 5.34. The van der Waals surface area contributed by atoms with Gasteiger partial charge in [0.2, 0.25) is 0 Å². The Morgan fingerprint density at radius 3 is 2.64 bits per heavy atom. The summed E-state index contributed by atoms with van der Waals surface area (Å²) in [6.45, 7) is 7.29. The Morgan fingerprint density at radius 1 is 1.36 bits per heavy atom. The second-order valence-electron chi connectivity index (χ2n) is 2.96. The summed E-state index contributed by atoms with van der Waals surface area (Å²) in [5.41, 5.74) is 1.12. The molecular formula is C12H17NO. The zero-order chi connectivity index (χ0) is 10.2. The number of rotatable bonds is 6. The minimum Gasteiger partial charge on any atom is -0.494 e. The molecule has 0 aliphatic rings. The molecule has 0 radical (unpaired) electrons. The molecule has 76 valence electrons. The molecule has 0 saturated carbocycles. The molecule has 0 atom stereocenters. The fraction of sp³-hybridized carbons (Fsp3) is 0.333. The van der Waals surface area contributed by atoms with Gasteiger partial charge in [0, 0.05) is 12.2 Å². The van der Waals surface area contributed by atoms with Gasteiger partial charge in [-0.05, 0) is 37.6 Å². The second kappa shape index (κ2) is 6.08. The summed E-state index contributed by atoms with van der Waals surface area (Å²) in [4.78, 5) is 0. The fourth-order valence-electron chi connectivity index (χ4n) is 1.15. The first kappa shape index (κ1) is 10.6. The van der Waals surface area contributed by atoms with Gasteiger partial charge in [-0.2, -0.15) is 0 Å². The van der Waals surface area contributed by atoms with E-state index >= 15 is 0 Å². The van der Waals surface area contributed by atoms with E-state index in [2.05, 4.69) is 11.9 Å². The number of hydrogen-bond acceptors (Lipinski definition) is 2. The third-order valence-corrected chi connectivity index (χ3v) is 1.84. The van der Waals surface area contributed by atoms with Gasteiger partial charge in [-0.1, -0.05) is 6.08 Å². The van der Waals surface area contributed by atoms with Crippen molar-refractivity contribution < 1.29 is 4.74 Å². The fourth-order valence-corrected chi connectivity index (χ4v) is 1.15. The van der Waals surface area contributed by atoms with E-state index in [1.165, 1.54) is 0 Å². The van der Waals surface area contributed by atoms with Gasteiger partial charge >= 0.3 is 0 Å². The third kappa shape index (κ3) is 3.52. The summed E-state index contributed by atoms with van der Waals surface area (Å²) >= 11 is 0. The average molecular weight is 191 g/mol. The summed E-state index contributed by atoms with van der Waals surface area (Å²) in [6.07, 6.45) is 2.88. The van der Waals surface area contributed by atoms with Gasteiger partial charge in [0.25, 0.3) is 0 Å². The molecule has 0 aliphatic heterocycles. The van der Waals surface area contributed by atoms with E-state index in [0.29, 0.717) is 6.61 Å². The van der Waals surface area contributed by atoms with E-state index < -0.39 is 0 Å². The molecule has 2 nitrogen and oxygen atoms in total. The van der Waals surface area contributed by atoms with Gasteiger partial charge in [0.05, 0.1) is 6.61 Å². The molecule has 0 fully saturated rings. The molecule has 1 rings (SSSR count). The van der Waals surface area contributed by atoms with E-state index in [1.807, 2.05) is 37.3 Å². The van der Waals surface area contributed by atoms with Crippen molar-refractivity contribution in [2.75, 3.05) is 18.5 Å². The van der Waals surface area contributed by atoms with Crippen molar-refractivity contribution in [1.29, 1.82) is 0 Å². The van der Waals surface area contributed by atoms with E-state index in [0.717, 1.165) is 24.4 Å². The molecular weight excluding hydrogens is 174 g/mol. The van der Waals surface area contributed by atoms with Crippen molar-refractivity contribution in [3.8, 4) is 5.75 Å². The highest BCUT2D eigenvalue weighted by Gasteiger charge is 1.92. The Kier molecular flexibility index (Phi) is 4.62. The monoisotopic (exact) mass is 191 g/mol. The van der Waals surface area contributed by atoms with Crippen molar-refractivity contribution in [2.45, 2.75) is 13.3 Å². The predicted molar refractivity (Wildman–Crippen MR) is 60.9 cm³/mol. The van der Waals surface area contributed by atoms with Gasteiger partial charge < -0.3 is 10.1 Å². The van der Waals surface area contributed by atoms with E-state index in [9.17, 15) is 0 Å². The topological polar surface area (TPSA) is 21.3 Å². The van der Waals surface area contributed by atoms with Crippen molar-refractivity contribution in [2.24, 2.45) is 0 Å². The smallest absolute Gasteiger partial charge is 0.119 e. The Morgan fingerprint density at radius 2 is 2.07 bits per heavy atom. The lowest BCUT2D eigenvalue weighted by molar-refractivity contribution is 0.340. The average Bonchev–Trinajstić information content (AvgIpc) is 2.21. The lowest BCUT2D eigenvalue weighted by Gasteiger charge is -2.06. The SMILES string of the molecule is C=CCCNc1ccc(OCC)cc1. The Hall–Kier alpha value is -1.44. The molecule has 0 heterocycles.